The minimum absolute atomic E-state index is 0.613. The number of hydrogen-bond donors (Lipinski definition) is 0. The lowest BCUT2D eigenvalue weighted by molar-refractivity contribution is 0.112. The largest absolute Gasteiger partial charge is 0.298 e. The molecule has 0 aliphatic heterocycles. The average Bonchev–Trinajstić information content (AvgIpc) is 2.46. The summed E-state index contributed by atoms with van der Waals surface area (Å²) in [7, 11) is 0. The summed E-state index contributed by atoms with van der Waals surface area (Å²) in [6.07, 6.45) is 0.845. The standard InChI is InChI=1S/C17H10Cl2O/c18-15-5-3-11-7-13(2-1-12(11)8-15)17-9-16(19)6-4-14(17)10-20/h1-10H. The number of fused-ring (bicyclic) bond motifs is 1. The van der Waals surface area contributed by atoms with Gasteiger partial charge in [0.1, 0.15) is 0 Å². The molecule has 3 heteroatoms. The summed E-state index contributed by atoms with van der Waals surface area (Å²) in [6.45, 7) is 0. The third kappa shape index (κ3) is 2.43. The van der Waals surface area contributed by atoms with Crippen LogP contribution in [0.1, 0.15) is 10.4 Å². The monoisotopic (exact) mass is 300 g/mol. The van der Waals surface area contributed by atoms with Crippen LogP contribution in [0.25, 0.3) is 21.9 Å². The van der Waals surface area contributed by atoms with Gasteiger partial charge in [-0.1, -0.05) is 41.4 Å². The van der Waals surface area contributed by atoms with Crippen LogP contribution in [0.15, 0.2) is 54.6 Å². The van der Waals surface area contributed by atoms with Crippen LogP contribution in [0.3, 0.4) is 0 Å². The molecular formula is C17H10Cl2O. The molecule has 0 bridgehead atoms. The molecule has 98 valence electrons. The smallest absolute Gasteiger partial charge is 0.150 e. The molecule has 3 rings (SSSR count). The van der Waals surface area contributed by atoms with Crippen molar-refractivity contribution in [2.45, 2.75) is 0 Å². The van der Waals surface area contributed by atoms with E-state index in [0.717, 1.165) is 28.2 Å². The van der Waals surface area contributed by atoms with Gasteiger partial charge in [0.15, 0.2) is 6.29 Å². The van der Waals surface area contributed by atoms with Crippen molar-refractivity contribution in [2.75, 3.05) is 0 Å². The molecule has 0 unspecified atom stereocenters. The first-order valence-corrected chi connectivity index (χ1v) is 6.87. The zero-order valence-corrected chi connectivity index (χ0v) is 11.9. The Kier molecular flexibility index (Phi) is 3.47. The second kappa shape index (κ2) is 5.28. The lowest BCUT2D eigenvalue weighted by Crippen LogP contribution is -1.87. The highest BCUT2D eigenvalue weighted by molar-refractivity contribution is 6.31. The third-order valence-electron chi connectivity index (χ3n) is 3.26. The van der Waals surface area contributed by atoms with Crippen LogP contribution in [-0.4, -0.2) is 6.29 Å². The molecule has 1 nitrogen and oxygen atoms in total. The molecule has 0 aromatic heterocycles. The van der Waals surface area contributed by atoms with E-state index >= 15 is 0 Å². The van der Waals surface area contributed by atoms with Crippen molar-refractivity contribution in [3.8, 4) is 11.1 Å². The SMILES string of the molecule is O=Cc1ccc(Cl)cc1-c1ccc2cc(Cl)ccc2c1. The predicted molar refractivity (Wildman–Crippen MR) is 84.8 cm³/mol. The van der Waals surface area contributed by atoms with Gasteiger partial charge in [0.05, 0.1) is 0 Å². The summed E-state index contributed by atoms with van der Waals surface area (Å²) in [6, 6.07) is 17.0. The highest BCUT2D eigenvalue weighted by Crippen LogP contribution is 2.29. The summed E-state index contributed by atoms with van der Waals surface area (Å²) in [5, 5.41) is 3.46. The first-order chi connectivity index (χ1) is 9.67. The Bertz CT molecular complexity index is 809. The number of aldehydes is 1. The number of rotatable bonds is 2. The van der Waals surface area contributed by atoms with E-state index in [-0.39, 0.29) is 0 Å². The lowest BCUT2D eigenvalue weighted by Gasteiger charge is -2.08. The van der Waals surface area contributed by atoms with E-state index in [2.05, 4.69) is 0 Å². The fourth-order valence-corrected chi connectivity index (χ4v) is 2.62. The Morgan fingerprint density at radius 2 is 1.40 bits per heavy atom. The van der Waals surface area contributed by atoms with E-state index in [4.69, 9.17) is 23.2 Å². The van der Waals surface area contributed by atoms with Crippen LogP contribution in [-0.2, 0) is 0 Å². The second-order valence-electron chi connectivity index (χ2n) is 4.56. The molecule has 0 spiro atoms. The number of benzene rings is 3. The van der Waals surface area contributed by atoms with Crippen molar-refractivity contribution in [1.82, 2.24) is 0 Å². The van der Waals surface area contributed by atoms with Gasteiger partial charge < -0.3 is 0 Å². The molecule has 0 aliphatic carbocycles. The molecule has 3 aromatic rings. The van der Waals surface area contributed by atoms with Gasteiger partial charge in [-0.05, 0) is 58.3 Å². The van der Waals surface area contributed by atoms with Gasteiger partial charge in [-0.2, -0.15) is 0 Å². The molecule has 0 amide bonds. The molecule has 0 aliphatic rings. The summed E-state index contributed by atoms with van der Waals surface area (Å²) < 4.78 is 0. The van der Waals surface area contributed by atoms with Crippen LogP contribution in [0.5, 0.6) is 0 Å². The lowest BCUT2D eigenvalue weighted by atomic mass is 9.98. The molecule has 3 aromatic carbocycles. The molecule has 0 N–H and O–H groups in total. The molecule has 0 saturated heterocycles. The van der Waals surface area contributed by atoms with Crippen LogP contribution in [0.2, 0.25) is 10.0 Å². The van der Waals surface area contributed by atoms with E-state index in [0.29, 0.717) is 15.6 Å². The van der Waals surface area contributed by atoms with Crippen LogP contribution in [0.4, 0.5) is 0 Å². The summed E-state index contributed by atoms with van der Waals surface area (Å²) in [5.41, 5.74) is 2.43. The fraction of sp³-hybridized carbons (Fsp3) is 0. The summed E-state index contributed by atoms with van der Waals surface area (Å²) >= 11 is 12.0. The van der Waals surface area contributed by atoms with Crippen LogP contribution >= 0.6 is 23.2 Å². The molecule has 20 heavy (non-hydrogen) atoms. The van der Waals surface area contributed by atoms with Crippen molar-refractivity contribution in [1.29, 1.82) is 0 Å². The van der Waals surface area contributed by atoms with Gasteiger partial charge >= 0.3 is 0 Å². The zero-order valence-electron chi connectivity index (χ0n) is 10.4. The normalized spacial score (nSPS) is 10.7. The topological polar surface area (TPSA) is 17.1 Å². The van der Waals surface area contributed by atoms with E-state index < -0.39 is 0 Å². The Hall–Kier alpha value is -1.83. The van der Waals surface area contributed by atoms with Crippen LogP contribution in [0, 0.1) is 0 Å². The molecule has 0 radical (unpaired) electrons. The zero-order chi connectivity index (χ0) is 14.1. The van der Waals surface area contributed by atoms with Gasteiger partial charge in [0.2, 0.25) is 0 Å². The maximum atomic E-state index is 11.2. The van der Waals surface area contributed by atoms with Crippen molar-refractivity contribution in [3.63, 3.8) is 0 Å². The average molecular weight is 301 g/mol. The van der Waals surface area contributed by atoms with E-state index in [9.17, 15) is 4.79 Å². The van der Waals surface area contributed by atoms with E-state index in [1.807, 2.05) is 42.5 Å². The minimum atomic E-state index is 0.613. The minimum Gasteiger partial charge on any atom is -0.298 e. The number of carbonyl (C=O) groups excluding carboxylic acids is 1. The summed E-state index contributed by atoms with van der Waals surface area (Å²) in [4.78, 5) is 11.2. The van der Waals surface area contributed by atoms with Gasteiger partial charge in [-0.25, -0.2) is 0 Å². The van der Waals surface area contributed by atoms with Gasteiger partial charge in [-0.15, -0.1) is 0 Å². The van der Waals surface area contributed by atoms with Crippen molar-refractivity contribution in [3.05, 3.63) is 70.2 Å². The molecule has 0 fully saturated rings. The molecule has 0 saturated carbocycles. The molecule has 0 atom stereocenters. The number of halogens is 2. The predicted octanol–water partition coefficient (Wildman–Crippen LogP) is 5.63. The fourth-order valence-electron chi connectivity index (χ4n) is 2.27. The van der Waals surface area contributed by atoms with E-state index in [1.165, 1.54) is 0 Å². The second-order valence-corrected chi connectivity index (χ2v) is 5.43. The molecule has 0 heterocycles. The van der Waals surface area contributed by atoms with E-state index in [1.54, 1.807) is 12.1 Å². The summed E-state index contributed by atoms with van der Waals surface area (Å²) in [5.74, 6) is 0. The van der Waals surface area contributed by atoms with Crippen molar-refractivity contribution in [2.24, 2.45) is 0 Å². The Balaban J connectivity index is 2.22. The Morgan fingerprint density at radius 3 is 2.20 bits per heavy atom. The van der Waals surface area contributed by atoms with Crippen molar-refractivity contribution < 1.29 is 4.79 Å². The first kappa shape index (κ1) is 13.2. The van der Waals surface area contributed by atoms with Crippen LogP contribution < -0.4 is 0 Å². The highest BCUT2D eigenvalue weighted by Gasteiger charge is 2.06. The van der Waals surface area contributed by atoms with Gasteiger partial charge in [0.25, 0.3) is 0 Å². The highest BCUT2D eigenvalue weighted by atomic mass is 35.5. The molecular weight excluding hydrogens is 291 g/mol. The third-order valence-corrected chi connectivity index (χ3v) is 3.73. The van der Waals surface area contributed by atoms with Gasteiger partial charge in [0, 0.05) is 15.6 Å². The maximum absolute atomic E-state index is 11.2. The van der Waals surface area contributed by atoms with Gasteiger partial charge in [-0.3, -0.25) is 4.79 Å². The Morgan fingerprint density at radius 1 is 0.750 bits per heavy atom. The first-order valence-electron chi connectivity index (χ1n) is 6.12. The maximum Gasteiger partial charge on any atom is 0.150 e. The quantitative estimate of drug-likeness (QED) is 0.561. The van der Waals surface area contributed by atoms with Crippen molar-refractivity contribution >= 4 is 40.3 Å². The Labute approximate surface area is 126 Å². The number of hydrogen-bond acceptors (Lipinski definition) is 1. The number of carbonyl (C=O) groups is 1.